The number of nitrogens with zero attached hydrogens (tertiary/aromatic N) is 2. The fourth-order valence-corrected chi connectivity index (χ4v) is 5.08. The van der Waals surface area contributed by atoms with Gasteiger partial charge in [-0.15, -0.1) is 0 Å². The lowest BCUT2D eigenvalue weighted by atomic mass is 9.88. The van der Waals surface area contributed by atoms with Crippen LogP contribution in [0.25, 0.3) is 22.2 Å². The smallest absolute Gasteiger partial charge is 0.414 e. The molecule has 4 aromatic rings. The highest BCUT2D eigenvalue weighted by molar-refractivity contribution is 6.00. The molecule has 0 saturated heterocycles. The third kappa shape index (κ3) is 5.42. The molecule has 2 aromatic carbocycles. The van der Waals surface area contributed by atoms with Crippen LogP contribution in [0.3, 0.4) is 0 Å². The summed E-state index contributed by atoms with van der Waals surface area (Å²) in [4.78, 5) is 22.2. The third-order valence-corrected chi connectivity index (χ3v) is 7.67. The average Bonchev–Trinajstić information content (AvgIpc) is 3.75. The van der Waals surface area contributed by atoms with Crippen molar-refractivity contribution in [3.8, 4) is 22.8 Å². The maximum Gasteiger partial charge on any atom is 0.414 e. The Kier molecular flexibility index (Phi) is 7.42. The van der Waals surface area contributed by atoms with E-state index in [1.807, 2.05) is 0 Å². The fraction of sp³-hybridized carbons (Fsp3) is 0.323. The monoisotopic (exact) mass is 612 g/mol. The zero-order valence-electron chi connectivity index (χ0n) is 23.5. The molecule has 230 valence electrons. The average molecular weight is 613 g/mol. The summed E-state index contributed by atoms with van der Waals surface area (Å²) in [7, 11) is 1.28. The molecule has 2 atom stereocenters. The van der Waals surface area contributed by atoms with Gasteiger partial charge in [-0.2, -0.15) is 13.2 Å². The zero-order valence-corrected chi connectivity index (χ0v) is 23.5. The molecule has 2 aliphatic rings. The first-order chi connectivity index (χ1) is 20.9. The number of fused-ring (bicyclic) bond motifs is 2. The Morgan fingerprint density at radius 2 is 1.93 bits per heavy atom. The molecule has 1 saturated carbocycles. The fourth-order valence-electron chi connectivity index (χ4n) is 5.08. The molecule has 0 radical (unpaired) electrons. The van der Waals surface area contributed by atoms with Crippen molar-refractivity contribution in [3.05, 3.63) is 83.4 Å². The summed E-state index contributed by atoms with van der Waals surface area (Å²) in [5.74, 6) is -0.951. The molecule has 44 heavy (non-hydrogen) atoms. The van der Waals surface area contributed by atoms with Crippen molar-refractivity contribution >= 4 is 16.8 Å². The number of halogens is 4. The molecule has 9 nitrogen and oxygen atoms in total. The quantitative estimate of drug-likeness (QED) is 0.238. The number of amides is 1. The van der Waals surface area contributed by atoms with Crippen molar-refractivity contribution in [1.82, 2.24) is 15.3 Å². The van der Waals surface area contributed by atoms with Crippen LogP contribution in [-0.2, 0) is 15.9 Å². The van der Waals surface area contributed by atoms with E-state index in [1.54, 1.807) is 30.5 Å². The van der Waals surface area contributed by atoms with Crippen LogP contribution in [0.15, 0.2) is 60.8 Å². The van der Waals surface area contributed by atoms with Crippen LogP contribution in [0, 0.1) is 5.82 Å². The first-order valence-corrected chi connectivity index (χ1v) is 13.8. The lowest BCUT2D eigenvalue weighted by Crippen LogP contribution is -2.52. The number of aliphatic hydroxyl groups is 1. The summed E-state index contributed by atoms with van der Waals surface area (Å²) < 4.78 is 73.0. The van der Waals surface area contributed by atoms with Gasteiger partial charge in [-0.1, -0.05) is 6.07 Å². The van der Waals surface area contributed by atoms with Crippen LogP contribution in [0.4, 0.5) is 17.6 Å². The van der Waals surface area contributed by atoms with E-state index in [0.29, 0.717) is 16.7 Å². The van der Waals surface area contributed by atoms with Crippen molar-refractivity contribution in [1.29, 1.82) is 0 Å². The van der Waals surface area contributed by atoms with Gasteiger partial charge in [0.2, 0.25) is 0 Å². The van der Waals surface area contributed by atoms with E-state index in [1.165, 1.54) is 19.2 Å². The first kappa shape index (κ1) is 29.7. The molecule has 0 spiro atoms. The molecule has 3 heterocycles. The maximum absolute atomic E-state index is 14.2. The molecule has 4 N–H and O–H groups in total. The van der Waals surface area contributed by atoms with Crippen molar-refractivity contribution in [2.75, 3.05) is 26.9 Å². The number of aromatic nitrogens is 2. The van der Waals surface area contributed by atoms with Crippen molar-refractivity contribution < 1.29 is 41.7 Å². The van der Waals surface area contributed by atoms with Crippen LogP contribution >= 0.6 is 0 Å². The van der Waals surface area contributed by atoms with Crippen LogP contribution < -0.4 is 20.5 Å². The molecule has 6 rings (SSSR count). The van der Waals surface area contributed by atoms with E-state index < -0.39 is 54.4 Å². The molecule has 0 bridgehead atoms. The van der Waals surface area contributed by atoms with Crippen LogP contribution in [-0.4, -0.2) is 60.1 Å². The highest BCUT2D eigenvalue weighted by Gasteiger charge is 2.59. The minimum atomic E-state index is -4.92. The Labute approximate surface area is 249 Å². The van der Waals surface area contributed by atoms with Gasteiger partial charge in [-0.3, -0.25) is 9.78 Å². The van der Waals surface area contributed by atoms with E-state index in [9.17, 15) is 27.5 Å². The molecular weight excluding hydrogens is 584 g/mol. The highest BCUT2D eigenvalue weighted by atomic mass is 19.4. The van der Waals surface area contributed by atoms with Crippen LogP contribution in [0.5, 0.6) is 11.5 Å². The van der Waals surface area contributed by atoms with Gasteiger partial charge < -0.3 is 30.4 Å². The zero-order chi connectivity index (χ0) is 31.3. The summed E-state index contributed by atoms with van der Waals surface area (Å²) in [6.45, 7) is -1.88. The van der Waals surface area contributed by atoms with Gasteiger partial charge in [0.1, 0.15) is 35.0 Å². The standard InChI is InChI=1S/C31H28F4N4O5/c1-42-15-29(41,14-38-28(40)19-11-18-3-2-10-37-25(18)23(12-19)44-21-8-9-21)24-13-22-27(43-16-30(22,36)31(33,34)35)26(39-24)17-4-6-20(32)7-5-17/h2-7,10-13,21,41H,8-9,14-16,36H2,1H3,(H,38,40)/t29?,30-/m0/s1. The Hall–Kier alpha value is -4.33. The van der Waals surface area contributed by atoms with Gasteiger partial charge >= 0.3 is 6.18 Å². The number of nitrogens with two attached hydrogens (primary N) is 1. The molecule has 13 heteroatoms. The van der Waals surface area contributed by atoms with Crippen molar-refractivity contribution in [2.45, 2.75) is 36.3 Å². The molecule has 1 unspecified atom stereocenters. The summed E-state index contributed by atoms with van der Waals surface area (Å²) >= 11 is 0. The molecule has 1 aliphatic carbocycles. The topological polar surface area (TPSA) is 129 Å². The van der Waals surface area contributed by atoms with Gasteiger partial charge in [-0.25, -0.2) is 9.37 Å². The summed E-state index contributed by atoms with van der Waals surface area (Å²) in [5, 5.41) is 15.1. The number of alkyl halides is 3. The first-order valence-electron chi connectivity index (χ1n) is 13.8. The Balaban J connectivity index is 1.37. The number of hydrogen-bond acceptors (Lipinski definition) is 8. The maximum atomic E-state index is 14.2. The van der Waals surface area contributed by atoms with E-state index in [0.717, 1.165) is 31.0 Å². The molecular formula is C31H28F4N4O5. The molecule has 1 aliphatic heterocycles. The van der Waals surface area contributed by atoms with E-state index in [2.05, 4.69) is 15.3 Å². The third-order valence-electron chi connectivity index (χ3n) is 7.67. The Morgan fingerprint density at radius 3 is 2.61 bits per heavy atom. The number of pyridine rings is 2. The number of carbonyl (C=O) groups is 1. The normalized spacial score (nSPS) is 19.2. The highest BCUT2D eigenvalue weighted by Crippen LogP contribution is 2.49. The van der Waals surface area contributed by atoms with Gasteiger partial charge in [-0.05, 0) is 61.4 Å². The predicted molar refractivity (Wildman–Crippen MR) is 151 cm³/mol. The van der Waals surface area contributed by atoms with Gasteiger partial charge in [0.25, 0.3) is 5.91 Å². The molecule has 1 amide bonds. The second-order valence-electron chi connectivity index (χ2n) is 11.0. The number of carbonyl (C=O) groups excluding carboxylic acids is 1. The van der Waals surface area contributed by atoms with Crippen LogP contribution in [0.2, 0.25) is 0 Å². The summed E-state index contributed by atoms with van der Waals surface area (Å²) in [6, 6.07) is 12.6. The predicted octanol–water partition coefficient (Wildman–Crippen LogP) is 4.35. The lowest BCUT2D eigenvalue weighted by molar-refractivity contribution is -0.191. The SMILES string of the molecule is COCC(O)(CNC(=O)c1cc(OC2CC2)c2ncccc2c1)c1cc2c(c(-c3ccc(F)cc3)n1)OC[C@@]2(N)C(F)(F)F. The summed E-state index contributed by atoms with van der Waals surface area (Å²) in [6.07, 6.45) is -1.47. The molecule has 1 fully saturated rings. The number of nitrogens with one attached hydrogen (secondary N) is 1. The number of methoxy groups -OCH3 is 1. The van der Waals surface area contributed by atoms with E-state index in [4.69, 9.17) is 19.9 Å². The number of hydrogen-bond donors (Lipinski definition) is 3. The summed E-state index contributed by atoms with van der Waals surface area (Å²) in [5.41, 5.74) is 1.08. The second-order valence-corrected chi connectivity index (χ2v) is 11.0. The second kappa shape index (κ2) is 11.0. The van der Waals surface area contributed by atoms with Gasteiger partial charge in [0, 0.05) is 35.4 Å². The number of ether oxygens (including phenoxy) is 3. The van der Waals surface area contributed by atoms with Gasteiger partial charge in [0.15, 0.2) is 11.3 Å². The Bertz CT molecular complexity index is 1730. The van der Waals surface area contributed by atoms with E-state index >= 15 is 0 Å². The van der Waals surface area contributed by atoms with E-state index in [-0.39, 0.29) is 34.4 Å². The number of benzene rings is 2. The van der Waals surface area contributed by atoms with Crippen LogP contribution in [0.1, 0.15) is 34.5 Å². The van der Waals surface area contributed by atoms with Crippen molar-refractivity contribution in [2.24, 2.45) is 5.73 Å². The minimum absolute atomic E-state index is 0.0434. The van der Waals surface area contributed by atoms with Crippen molar-refractivity contribution in [3.63, 3.8) is 0 Å². The lowest BCUT2D eigenvalue weighted by Gasteiger charge is -2.30. The Morgan fingerprint density at radius 1 is 1.18 bits per heavy atom. The van der Waals surface area contributed by atoms with Gasteiger partial charge in [0.05, 0.1) is 24.9 Å². The molecule has 2 aromatic heterocycles. The number of rotatable bonds is 9. The minimum Gasteiger partial charge on any atom is -0.488 e. The largest absolute Gasteiger partial charge is 0.488 e.